The SMILES string of the molecule is Nc1ccc(-c2cccc(CO)c2)nc1N(N)Cc1ccc2ncccc2c1. The largest absolute Gasteiger partial charge is 0.396 e. The van der Waals surface area contributed by atoms with E-state index in [1.54, 1.807) is 17.3 Å². The van der Waals surface area contributed by atoms with Crippen LogP contribution in [0.1, 0.15) is 11.1 Å². The molecule has 0 aliphatic heterocycles. The number of pyridine rings is 2. The van der Waals surface area contributed by atoms with E-state index in [0.29, 0.717) is 18.1 Å². The third kappa shape index (κ3) is 3.64. The van der Waals surface area contributed by atoms with Crippen LogP contribution in [0.25, 0.3) is 22.2 Å². The van der Waals surface area contributed by atoms with Crippen molar-refractivity contribution in [1.82, 2.24) is 9.97 Å². The van der Waals surface area contributed by atoms with E-state index in [4.69, 9.17) is 11.6 Å². The summed E-state index contributed by atoms with van der Waals surface area (Å²) in [7, 11) is 0. The first-order valence-corrected chi connectivity index (χ1v) is 8.96. The number of nitrogens with zero attached hydrogens (tertiary/aromatic N) is 3. The second-order valence-corrected chi connectivity index (χ2v) is 6.63. The third-order valence-corrected chi connectivity index (χ3v) is 4.60. The number of aliphatic hydroxyl groups is 1. The molecule has 0 amide bonds. The number of rotatable bonds is 5. The van der Waals surface area contributed by atoms with Gasteiger partial charge in [-0.1, -0.05) is 30.3 Å². The lowest BCUT2D eigenvalue weighted by atomic mass is 10.1. The van der Waals surface area contributed by atoms with Crippen molar-refractivity contribution in [2.45, 2.75) is 13.2 Å². The van der Waals surface area contributed by atoms with Gasteiger partial charge in [0.25, 0.3) is 0 Å². The summed E-state index contributed by atoms with van der Waals surface area (Å²) in [6.07, 6.45) is 1.78. The molecule has 140 valence electrons. The Balaban J connectivity index is 1.63. The molecule has 6 heteroatoms. The van der Waals surface area contributed by atoms with Crippen LogP contribution in [-0.4, -0.2) is 15.1 Å². The summed E-state index contributed by atoms with van der Waals surface area (Å²) in [6, 6.07) is 21.2. The Kier molecular flexibility index (Phi) is 4.89. The molecule has 0 fully saturated rings. The molecule has 0 aliphatic carbocycles. The van der Waals surface area contributed by atoms with Gasteiger partial charge in [0.15, 0.2) is 5.82 Å². The van der Waals surface area contributed by atoms with Crippen LogP contribution in [0.2, 0.25) is 0 Å². The Morgan fingerprint density at radius 3 is 2.68 bits per heavy atom. The molecule has 2 heterocycles. The second-order valence-electron chi connectivity index (χ2n) is 6.63. The molecular formula is C22H21N5O. The van der Waals surface area contributed by atoms with Crippen LogP contribution in [-0.2, 0) is 13.2 Å². The quantitative estimate of drug-likeness (QED) is 0.368. The van der Waals surface area contributed by atoms with Gasteiger partial charge in [-0.05, 0) is 47.5 Å². The molecule has 0 spiro atoms. The molecular weight excluding hydrogens is 350 g/mol. The fourth-order valence-corrected chi connectivity index (χ4v) is 3.17. The maximum absolute atomic E-state index is 9.36. The van der Waals surface area contributed by atoms with E-state index in [2.05, 4.69) is 16.0 Å². The average Bonchev–Trinajstić information content (AvgIpc) is 2.74. The van der Waals surface area contributed by atoms with E-state index in [-0.39, 0.29) is 6.61 Å². The molecule has 0 atom stereocenters. The number of aliphatic hydroxyl groups excluding tert-OH is 1. The number of hydrazine groups is 1. The number of anilines is 2. The topological polar surface area (TPSA) is 101 Å². The van der Waals surface area contributed by atoms with Crippen LogP contribution in [0.3, 0.4) is 0 Å². The van der Waals surface area contributed by atoms with E-state index >= 15 is 0 Å². The number of hydrogen-bond donors (Lipinski definition) is 3. The minimum atomic E-state index is -0.0183. The summed E-state index contributed by atoms with van der Waals surface area (Å²) in [4.78, 5) is 9.00. The highest BCUT2D eigenvalue weighted by molar-refractivity contribution is 5.79. The first-order valence-electron chi connectivity index (χ1n) is 8.96. The molecule has 0 unspecified atom stereocenters. The van der Waals surface area contributed by atoms with E-state index in [0.717, 1.165) is 33.3 Å². The van der Waals surface area contributed by atoms with Crippen LogP contribution in [0, 0.1) is 0 Å². The Bertz CT molecular complexity index is 1130. The van der Waals surface area contributed by atoms with Gasteiger partial charge in [-0.25, -0.2) is 10.8 Å². The molecule has 0 saturated heterocycles. The van der Waals surface area contributed by atoms with Gasteiger partial charge in [0.2, 0.25) is 0 Å². The van der Waals surface area contributed by atoms with Crippen LogP contribution < -0.4 is 16.6 Å². The summed E-state index contributed by atoms with van der Waals surface area (Å²) in [5.74, 6) is 6.82. The zero-order valence-electron chi connectivity index (χ0n) is 15.3. The third-order valence-electron chi connectivity index (χ3n) is 4.60. The van der Waals surface area contributed by atoms with Crippen molar-refractivity contribution in [1.29, 1.82) is 0 Å². The van der Waals surface area contributed by atoms with Crippen LogP contribution in [0.4, 0.5) is 11.5 Å². The normalized spacial score (nSPS) is 10.9. The van der Waals surface area contributed by atoms with E-state index in [1.807, 2.05) is 54.6 Å². The minimum Gasteiger partial charge on any atom is -0.396 e. The number of benzene rings is 2. The zero-order chi connectivity index (χ0) is 19.5. The maximum Gasteiger partial charge on any atom is 0.166 e. The van der Waals surface area contributed by atoms with Gasteiger partial charge >= 0.3 is 0 Å². The molecule has 0 radical (unpaired) electrons. The van der Waals surface area contributed by atoms with Gasteiger partial charge in [0, 0.05) is 17.1 Å². The van der Waals surface area contributed by atoms with Gasteiger partial charge < -0.3 is 10.8 Å². The smallest absolute Gasteiger partial charge is 0.166 e. The predicted molar refractivity (Wildman–Crippen MR) is 112 cm³/mol. The van der Waals surface area contributed by atoms with E-state index in [9.17, 15) is 5.11 Å². The number of nitrogens with two attached hydrogens (primary N) is 2. The second kappa shape index (κ2) is 7.64. The standard InChI is InChI=1S/C22H21N5O/c23-19-7-9-21(18-4-1-3-16(12-18)14-28)26-22(19)27(24)13-15-6-8-20-17(11-15)5-2-10-25-20/h1-12,28H,13-14,23-24H2. The highest BCUT2D eigenvalue weighted by atomic mass is 16.3. The van der Waals surface area contributed by atoms with E-state index < -0.39 is 0 Å². The lowest BCUT2D eigenvalue weighted by Crippen LogP contribution is -2.31. The molecule has 4 rings (SSSR count). The molecule has 0 bridgehead atoms. The van der Waals surface area contributed by atoms with Crippen molar-refractivity contribution in [2.75, 3.05) is 10.7 Å². The predicted octanol–water partition coefficient (Wildman–Crippen LogP) is 3.25. The van der Waals surface area contributed by atoms with Gasteiger partial charge in [-0.3, -0.25) is 9.99 Å². The van der Waals surface area contributed by atoms with Crippen molar-refractivity contribution in [3.05, 3.63) is 84.1 Å². The fourth-order valence-electron chi connectivity index (χ4n) is 3.17. The summed E-state index contributed by atoms with van der Waals surface area (Å²) >= 11 is 0. The Labute approximate surface area is 163 Å². The van der Waals surface area contributed by atoms with Gasteiger partial charge in [0.1, 0.15) is 0 Å². The molecule has 6 nitrogen and oxygen atoms in total. The highest BCUT2D eigenvalue weighted by Gasteiger charge is 2.12. The van der Waals surface area contributed by atoms with Crippen LogP contribution in [0.15, 0.2) is 72.9 Å². The van der Waals surface area contributed by atoms with Crippen molar-refractivity contribution in [2.24, 2.45) is 5.84 Å². The van der Waals surface area contributed by atoms with Crippen molar-refractivity contribution >= 4 is 22.4 Å². The van der Waals surface area contributed by atoms with Crippen LogP contribution in [0.5, 0.6) is 0 Å². The lowest BCUT2D eigenvalue weighted by Gasteiger charge is -2.20. The first-order chi connectivity index (χ1) is 13.6. The first kappa shape index (κ1) is 17.9. The molecule has 2 aromatic carbocycles. The highest BCUT2D eigenvalue weighted by Crippen LogP contribution is 2.26. The summed E-state index contributed by atoms with van der Waals surface area (Å²) in [6.45, 7) is 0.442. The number of fused-ring (bicyclic) bond motifs is 1. The van der Waals surface area contributed by atoms with Crippen LogP contribution >= 0.6 is 0 Å². The average molecular weight is 371 g/mol. The van der Waals surface area contributed by atoms with Gasteiger partial charge in [-0.15, -0.1) is 0 Å². The van der Waals surface area contributed by atoms with Crippen molar-refractivity contribution in [3.8, 4) is 11.3 Å². The van der Waals surface area contributed by atoms with Gasteiger partial charge in [-0.2, -0.15) is 0 Å². The fraction of sp³-hybridized carbons (Fsp3) is 0.0909. The van der Waals surface area contributed by atoms with Crippen molar-refractivity contribution < 1.29 is 5.11 Å². The van der Waals surface area contributed by atoms with Gasteiger partial charge in [0.05, 0.1) is 30.0 Å². The molecule has 4 aromatic rings. The molecule has 2 aromatic heterocycles. The summed E-state index contributed by atoms with van der Waals surface area (Å²) in [5.41, 5.74) is 11.1. The minimum absolute atomic E-state index is 0.0183. The Morgan fingerprint density at radius 2 is 1.82 bits per heavy atom. The summed E-state index contributed by atoms with van der Waals surface area (Å²) in [5, 5.41) is 12.0. The van der Waals surface area contributed by atoms with Crippen molar-refractivity contribution in [3.63, 3.8) is 0 Å². The number of nitrogen functional groups attached to an aromatic ring is 1. The molecule has 5 N–H and O–H groups in total. The summed E-state index contributed by atoms with van der Waals surface area (Å²) < 4.78 is 0. The molecule has 0 saturated carbocycles. The molecule has 28 heavy (non-hydrogen) atoms. The van der Waals surface area contributed by atoms with E-state index in [1.165, 1.54) is 0 Å². The lowest BCUT2D eigenvalue weighted by molar-refractivity contribution is 0.282. The Hall–Kier alpha value is -3.48. The maximum atomic E-state index is 9.36. The number of hydrogen-bond acceptors (Lipinski definition) is 6. The number of aromatic nitrogens is 2. The Morgan fingerprint density at radius 1 is 0.929 bits per heavy atom. The molecule has 0 aliphatic rings. The zero-order valence-corrected chi connectivity index (χ0v) is 15.3. The monoisotopic (exact) mass is 371 g/mol.